The van der Waals surface area contributed by atoms with Crippen LogP contribution in [0.1, 0.15) is 95.1 Å². The first-order valence-electron chi connectivity index (χ1n) is 16.5. The van der Waals surface area contributed by atoms with Crippen molar-refractivity contribution in [3.05, 3.63) is 142 Å². The molecule has 0 saturated carbocycles. The number of aliphatic carboxylic acids is 1. The van der Waals surface area contributed by atoms with Crippen LogP contribution in [0.5, 0.6) is 0 Å². The van der Waals surface area contributed by atoms with Gasteiger partial charge < -0.3 is 10.4 Å². The minimum absolute atomic E-state index is 0.0725. The maximum atomic E-state index is 14.1. The van der Waals surface area contributed by atoms with Crippen molar-refractivity contribution < 1.29 is 19.5 Å². The minimum Gasteiger partial charge on any atom is -0.481 e. The van der Waals surface area contributed by atoms with Crippen molar-refractivity contribution in [1.82, 2.24) is 9.88 Å². The molecule has 0 saturated heterocycles. The number of benzene rings is 4. The second-order valence-corrected chi connectivity index (χ2v) is 13.3. The molecule has 1 unspecified atom stereocenters. The van der Waals surface area contributed by atoms with E-state index in [-0.39, 0.29) is 18.2 Å². The average molecular weight is 629 g/mol. The topological polar surface area (TPSA) is 88.4 Å². The molecular formula is C41H44N2O4. The van der Waals surface area contributed by atoms with E-state index < -0.39 is 12.0 Å². The Bertz CT molecular complexity index is 1870. The van der Waals surface area contributed by atoms with E-state index in [9.17, 15) is 14.4 Å². The highest BCUT2D eigenvalue weighted by Gasteiger charge is 2.22. The number of carbonyl (C=O) groups excluding carboxylic acids is 2. The lowest BCUT2D eigenvalue weighted by Crippen LogP contribution is -2.29. The molecule has 0 aliphatic rings. The third-order valence-corrected chi connectivity index (χ3v) is 8.38. The third-order valence-electron chi connectivity index (χ3n) is 8.38. The molecule has 1 atom stereocenters. The van der Waals surface area contributed by atoms with Crippen molar-refractivity contribution in [3.63, 3.8) is 0 Å². The van der Waals surface area contributed by atoms with Crippen LogP contribution in [0.2, 0.25) is 0 Å². The number of para-hydroxylation sites is 1. The van der Waals surface area contributed by atoms with Gasteiger partial charge in [-0.05, 0) is 95.7 Å². The molecule has 2 N–H and O–H groups in total. The summed E-state index contributed by atoms with van der Waals surface area (Å²) in [5, 5.41) is 13.3. The maximum absolute atomic E-state index is 14.1. The summed E-state index contributed by atoms with van der Waals surface area (Å²) in [4.78, 5) is 38.9. The van der Waals surface area contributed by atoms with Crippen LogP contribution in [0.4, 0.5) is 0 Å². The Morgan fingerprint density at radius 1 is 0.723 bits per heavy atom. The molecule has 5 rings (SSSR count). The standard InChI is InChI=1S/C41H44N2O4/c1-27(2)22-29-18-20-31(21-19-29)40(46)42-39(32-11-7-10-30(24-32)23-28(3)4)33-12-8-13-34(25-33)41(47)43-26-35(14-9-17-38(44)45)36-15-5-6-16-37(36)43/h5-8,10-13,15-16,18-21,24-28,39H,9,14,17,22-23H2,1-4H3,(H,42,46)(H,44,45). The second kappa shape index (κ2) is 15.1. The SMILES string of the molecule is CC(C)Cc1ccc(C(=O)NC(c2cccc(CC(C)C)c2)c2cccc(C(=O)n3cc(CCCC(=O)O)c4ccccc43)c2)cc1. The predicted molar refractivity (Wildman–Crippen MR) is 188 cm³/mol. The molecule has 242 valence electrons. The normalized spacial score (nSPS) is 12.0. The Morgan fingerprint density at radius 3 is 2.09 bits per heavy atom. The zero-order chi connectivity index (χ0) is 33.5. The summed E-state index contributed by atoms with van der Waals surface area (Å²) in [6.07, 6.45) is 4.83. The smallest absolute Gasteiger partial charge is 0.303 e. The Kier molecular flexibility index (Phi) is 10.7. The minimum atomic E-state index is -0.832. The van der Waals surface area contributed by atoms with E-state index in [0.29, 0.717) is 35.8 Å². The number of nitrogens with zero attached hydrogens (tertiary/aromatic N) is 1. The molecule has 0 fully saturated rings. The van der Waals surface area contributed by atoms with Gasteiger partial charge in [0, 0.05) is 29.1 Å². The number of hydrogen-bond donors (Lipinski definition) is 2. The third kappa shape index (κ3) is 8.44. The van der Waals surface area contributed by atoms with Gasteiger partial charge in [-0.1, -0.05) is 94.4 Å². The number of carboxylic acids is 1. The van der Waals surface area contributed by atoms with E-state index in [1.165, 1.54) is 11.1 Å². The predicted octanol–water partition coefficient (Wildman–Crippen LogP) is 8.65. The van der Waals surface area contributed by atoms with Crippen molar-refractivity contribution in [3.8, 4) is 0 Å². The first-order chi connectivity index (χ1) is 22.6. The van der Waals surface area contributed by atoms with E-state index in [2.05, 4.69) is 45.1 Å². The van der Waals surface area contributed by atoms with Crippen LogP contribution in [0.25, 0.3) is 10.9 Å². The van der Waals surface area contributed by atoms with Gasteiger partial charge in [0.2, 0.25) is 0 Å². The maximum Gasteiger partial charge on any atom is 0.303 e. The number of aromatic nitrogens is 1. The van der Waals surface area contributed by atoms with Crippen LogP contribution in [0.3, 0.4) is 0 Å². The summed E-state index contributed by atoms with van der Waals surface area (Å²) < 4.78 is 1.65. The zero-order valence-electron chi connectivity index (χ0n) is 27.7. The second-order valence-electron chi connectivity index (χ2n) is 13.3. The van der Waals surface area contributed by atoms with Gasteiger partial charge in [-0.3, -0.25) is 19.0 Å². The van der Waals surface area contributed by atoms with Gasteiger partial charge in [-0.25, -0.2) is 0 Å². The molecule has 6 nitrogen and oxygen atoms in total. The Morgan fingerprint density at radius 2 is 1.38 bits per heavy atom. The summed E-state index contributed by atoms with van der Waals surface area (Å²) in [5.74, 6) is -0.193. The van der Waals surface area contributed by atoms with Crippen LogP contribution >= 0.6 is 0 Å². The molecule has 0 spiro atoms. The highest BCUT2D eigenvalue weighted by molar-refractivity contribution is 6.03. The Balaban J connectivity index is 1.49. The van der Waals surface area contributed by atoms with E-state index >= 15 is 0 Å². The average Bonchev–Trinajstić information content (AvgIpc) is 3.41. The van der Waals surface area contributed by atoms with Gasteiger partial charge >= 0.3 is 5.97 Å². The van der Waals surface area contributed by atoms with Gasteiger partial charge in [0.05, 0.1) is 11.6 Å². The van der Waals surface area contributed by atoms with E-state index in [1.54, 1.807) is 10.6 Å². The van der Waals surface area contributed by atoms with E-state index in [4.69, 9.17) is 5.11 Å². The van der Waals surface area contributed by atoms with Crippen LogP contribution < -0.4 is 5.32 Å². The first-order valence-corrected chi connectivity index (χ1v) is 16.5. The molecule has 0 radical (unpaired) electrons. The van der Waals surface area contributed by atoms with Crippen molar-refractivity contribution >= 4 is 28.7 Å². The van der Waals surface area contributed by atoms with Crippen LogP contribution in [0.15, 0.2) is 103 Å². The summed E-state index contributed by atoms with van der Waals surface area (Å²) in [6, 6.07) is 30.8. The number of nitrogens with one attached hydrogen (secondary N) is 1. The number of amides is 1. The number of rotatable bonds is 13. The van der Waals surface area contributed by atoms with E-state index in [0.717, 1.165) is 40.4 Å². The highest BCUT2D eigenvalue weighted by Crippen LogP contribution is 2.28. The lowest BCUT2D eigenvalue weighted by atomic mass is 9.93. The highest BCUT2D eigenvalue weighted by atomic mass is 16.4. The fourth-order valence-electron chi connectivity index (χ4n) is 6.25. The van der Waals surface area contributed by atoms with Crippen LogP contribution in [-0.4, -0.2) is 27.5 Å². The van der Waals surface area contributed by atoms with Crippen molar-refractivity contribution in [2.24, 2.45) is 11.8 Å². The molecule has 4 aromatic carbocycles. The fraction of sp³-hybridized carbons (Fsp3) is 0.293. The lowest BCUT2D eigenvalue weighted by molar-refractivity contribution is -0.137. The van der Waals surface area contributed by atoms with E-state index in [1.807, 2.05) is 85.1 Å². The molecule has 0 bridgehead atoms. The zero-order valence-corrected chi connectivity index (χ0v) is 27.7. The molecule has 47 heavy (non-hydrogen) atoms. The number of carboxylic acid groups (broad SMARTS) is 1. The molecule has 1 amide bonds. The first kappa shape index (κ1) is 33.4. The molecular weight excluding hydrogens is 584 g/mol. The largest absolute Gasteiger partial charge is 0.481 e. The van der Waals surface area contributed by atoms with Crippen molar-refractivity contribution in [1.29, 1.82) is 0 Å². The molecule has 5 aromatic rings. The van der Waals surface area contributed by atoms with Gasteiger partial charge in [-0.15, -0.1) is 0 Å². The molecule has 6 heteroatoms. The molecule has 0 aliphatic carbocycles. The summed E-state index contributed by atoms with van der Waals surface area (Å²) in [7, 11) is 0. The Hall–Kier alpha value is -4.97. The lowest BCUT2D eigenvalue weighted by Gasteiger charge is -2.22. The van der Waals surface area contributed by atoms with Crippen molar-refractivity contribution in [2.45, 2.75) is 65.8 Å². The summed E-state index contributed by atoms with van der Waals surface area (Å²) >= 11 is 0. The van der Waals surface area contributed by atoms with Gasteiger partial charge in [0.15, 0.2) is 0 Å². The van der Waals surface area contributed by atoms with Gasteiger partial charge in [-0.2, -0.15) is 0 Å². The summed E-state index contributed by atoms with van der Waals surface area (Å²) in [6.45, 7) is 8.73. The summed E-state index contributed by atoms with van der Waals surface area (Å²) in [5.41, 5.74) is 6.95. The van der Waals surface area contributed by atoms with Crippen molar-refractivity contribution in [2.75, 3.05) is 0 Å². The monoisotopic (exact) mass is 628 g/mol. The van der Waals surface area contributed by atoms with Crippen LogP contribution in [-0.2, 0) is 24.1 Å². The number of aryl methyl sites for hydroxylation is 1. The number of carbonyl (C=O) groups is 3. The van der Waals surface area contributed by atoms with Gasteiger partial charge in [0.25, 0.3) is 11.8 Å². The van der Waals surface area contributed by atoms with Crippen LogP contribution in [0, 0.1) is 11.8 Å². The number of hydrogen-bond acceptors (Lipinski definition) is 3. The number of fused-ring (bicyclic) bond motifs is 1. The molecule has 1 aromatic heterocycles. The fourth-order valence-corrected chi connectivity index (χ4v) is 6.25. The quantitative estimate of drug-likeness (QED) is 0.137. The molecule has 0 aliphatic heterocycles. The Labute approximate surface area is 277 Å². The molecule has 1 heterocycles. The van der Waals surface area contributed by atoms with Gasteiger partial charge in [0.1, 0.15) is 0 Å².